The average Bonchev–Trinajstić information content (AvgIpc) is 2.97. The SMILES string of the molecule is CCCCN(C)C(=O)C1CCN(C(=O)CC2CC3CCC(C2)N3)CC1.Cl. The second kappa shape index (κ2) is 9.93. The predicted octanol–water partition coefficient (Wildman–Crippen LogP) is 2.83. The predicted molar refractivity (Wildman–Crippen MR) is 106 cm³/mol. The van der Waals surface area contributed by atoms with Crippen LogP contribution in [-0.2, 0) is 9.59 Å². The zero-order valence-corrected chi connectivity index (χ0v) is 17.2. The topological polar surface area (TPSA) is 52.7 Å². The molecule has 0 aromatic rings. The van der Waals surface area contributed by atoms with Crippen LogP contribution in [0.2, 0.25) is 0 Å². The van der Waals surface area contributed by atoms with Crippen LogP contribution in [0.5, 0.6) is 0 Å². The number of unbranched alkanes of at least 4 members (excludes halogenated alkanes) is 1. The highest BCUT2D eigenvalue weighted by molar-refractivity contribution is 5.85. The fraction of sp³-hybridized carbons (Fsp3) is 0.900. The minimum Gasteiger partial charge on any atom is -0.346 e. The molecule has 0 radical (unpaired) electrons. The van der Waals surface area contributed by atoms with E-state index in [0.29, 0.717) is 30.3 Å². The van der Waals surface area contributed by atoms with Gasteiger partial charge in [0.1, 0.15) is 0 Å². The van der Waals surface area contributed by atoms with Crippen LogP contribution >= 0.6 is 12.4 Å². The van der Waals surface area contributed by atoms with Crippen molar-refractivity contribution in [2.45, 2.75) is 76.8 Å². The van der Waals surface area contributed by atoms with Crippen molar-refractivity contribution < 1.29 is 9.59 Å². The first-order valence-electron chi connectivity index (χ1n) is 10.4. The molecule has 3 aliphatic rings. The lowest BCUT2D eigenvalue weighted by atomic mass is 9.88. The van der Waals surface area contributed by atoms with E-state index in [2.05, 4.69) is 12.2 Å². The van der Waals surface area contributed by atoms with Crippen LogP contribution in [0.15, 0.2) is 0 Å². The highest BCUT2D eigenvalue weighted by Crippen LogP contribution is 2.33. The highest BCUT2D eigenvalue weighted by atomic mass is 35.5. The van der Waals surface area contributed by atoms with Crippen molar-refractivity contribution in [3.05, 3.63) is 0 Å². The van der Waals surface area contributed by atoms with Crippen molar-refractivity contribution in [2.24, 2.45) is 11.8 Å². The molecule has 3 rings (SSSR count). The number of nitrogens with one attached hydrogen (secondary N) is 1. The van der Waals surface area contributed by atoms with Gasteiger partial charge in [-0.3, -0.25) is 9.59 Å². The van der Waals surface area contributed by atoms with Gasteiger partial charge in [-0.15, -0.1) is 12.4 Å². The molecule has 0 aromatic heterocycles. The first-order valence-corrected chi connectivity index (χ1v) is 10.4. The van der Waals surface area contributed by atoms with Crippen molar-refractivity contribution in [3.8, 4) is 0 Å². The van der Waals surface area contributed by atoms with Crippen LogP contribution in [0.1, 0.15) is 64.7 Å². The van der Waals surface area contributed by atoms with Crippen molar-refractivity contribution >= 4 is 24.2 Å². The number of hydrogen-bond donors (Lipinski definition) is 1. The molecular formula is C20H36ClN3O2. The quantitative estimate of drug-likeness (QED) is 0.764. The summed E-state index contributed by atoms with van der Waals surface area (Å²) in [7, 11) is 1.92. The number of nitrogens with zero attached hydrogens (tertiary/aromatic N) is 2. The Morgan fingerprint density at radius 1 is 1.08 bits per heavy atom. The molecule has 3 aliphatic heterocycles. The summed E-state index contributed by atoms with van der Waals surface area (Å²) in [4.78, 5) is 29.1. The third-order valence-electron chi connectivity index (χ3n) is 6.45. The minimum atomic E-state index is 0. The van der Waals surface area contributed by atoms with E-state index in [1.165, 1.54) is 25.7 Å². The standard InChI is InChI=1S/C20H35N3O2.ClH/c1-3-4-9-22(2)20(25)16-7-10-23(11-8-16)19(24)14-15-12-17-5-6-18(13-15)21-17;/h15-18,21H,3-14H2,1-2H3;1H. The summed E-state index contributed by atoms with van der Waals surface area (Å²) in [6.45, 7) is 4.52. The third kappa shape index (κ3) is 5.35. The van der Waals surface area contributed by atoms with E-state index in [-0.39, 0.29) is 24.2 Å². The van der Waals surface area contributed by atoms with Gasteiger partial charge in [-0.2, -0.15) is 0 Å². The van der Waals surface area contributed by atoms with Gasteiger partial charge in [0.15, 0.2) is 0 Å². The number of halogens is 1. The minimum absolute atomic E-state index is 0. The molecule has 2 atom stereocenters. The molecule has 2 amide bonds. The first-order chi connectivity index (χ1) is 12.1. The number of carbonyl (C=O) groups excluding carboxylic acids is 2. The molecule has 3 heterocycles. The first kappa shape index (κ1) is 21.5. The number of fused-ring (bicyclic) bond motifs is 2. The Labute approximate surface area is 164 Å². The van der Waals surface area contributed by atoms with Crippen LogP contribution in [0.4, 0.5) is 0 Å². The molecule has 3 saturated heterocycles. The molecule has 6 heteroatoms. The summed E-state index contributed by atoms with van der Waals surface area (Å²) in [5, 5.41) is 3.65. The summed E-state index contributed by atoms with van der Waals surface area (Å²) in [5.74, 6) is 1.26. The van der Waals surface area contributed by atoms with E-state index in [0.717, 1.165) is 45.3 Å². The number of carbonyl (C=O) groups is 2. The molecule has 0 aromatic carbocycles. The van der Waals surface area contributed by atoms with E-state index >= 15 is 0 Å². The largest absolute Gasteiger partial charge is 0.346 e. The molecular weight excluding hydrogens is 350 g/mol. The lowest BCUT2D eigenvalue weighted by molar-refractivity contribution is -0.140. The van der Waals surface area contributed by atoms with Crippen LogP contribution in [0.3, 0.4) is 0 Å². The van der Waals surface area contributed by atoms with E-state index < -0.39 is 0 Å². The van der Waals surface area contributed by atoms with Crippen LogP contribution < -0.4 is 5.32 Å². The Morgan fingerprint density at radius 2 is 1.69 bits per heavy atom. The van der Waals surface area contributed by atoms with Gasteiger partial charge < -0.3 is 15.1 Å². The van der Waals surface area contributed by atoms with Gasteiger partial charge in [0.25, 0.3) is 0 Å². The molecule has 5 nitrogen and oxygen atoms in total. The monoisotopic (exact) mass is 385 g/mol. The molecule has 1 N–H and O–H groups in total. The van der Waals surface area contributed by atoms with Gasteiger partial charge in [0.05, 0.1) is 0 Å². The Bertz CT molecular complexity index is 468. The second-order valence-corrected chi connectivity index (χ2v) is 8.45. The summed E-state index contributed by atoms with van der Waals surface area (Å²) in [6.07, 6.45) is 9.46. The van der Waals surface area contributed by atoms with Crippen molar-refractivity contribution in [1.82, 2.24) is 15.1 Å². The molecule has 2 bridgehead atoms. The Kier molecular flexibility index (Phi) is 8.21. The highest BCUT2D eigenvalue weighted by Gasteiger charge is 2.35. The van der Waals surface area contributed by atoms with Crippen LogP contribution in [0.25, 0.3) is 0 Å². The summed E-state index contributed by atoms with van der Waals surface area (Å²) < 4.78 is 0. The normalized spacial score (nSPS) is 28.5. The van der Waals surface area contributed by atoms with Gasteiger partial charge in [-0.1, -0.05) is 13.3 Å². The molecule has 2 unspecified atom stereocenters. The Hall–Kier alpha value is -0.810. The fourth-order valence-corrected chi connectivity index (χ4v) is 4.91. The number of rotatable bonds is 6. The van der Waals surface area contributed by atoms with Gasteiger partial charge in [0, 0.05) is 51.1 Å². The number of amides is 2. The van der Waals surface area contributed by atoms with E-state index in [1.54, 1.807) is 0 Å². The zero-order chi connectivity index (χ0) is 17.8. The lowest BCUT2D eigenvalue weighted by Gasteiger charge is -2.35. The van der Waals surface area contributed by atoms with Gasteiger partial charge >= 0.3 is 0 Å². The van der Waals surface area contributed by atoms with Gasteiger partial charge in [-0.25, -0.2) is 0 Å². The molecule has 0 aliphatic carbocycles. The number of likely N-dealkylation sites (tertiary alicyclic amines) is 1. The van der Waals surface area contributed by atoms with Crippen LogP contribution in [-0.4, -0.2) is 60.4 Å². The Balaban J connectivity index is 0.00000243. The van der Waals surface area contributed by atoms with E-state index in [9.17, 15) is 9.59 Å². The van der Waals surface area contributed by atoms with Crippen LogP contribution in [0, 0.1) is 11.8 Å². The van der Waals surface area contributed by atoms with Crippen molar-refractivity contribution in [1.29, 1.82) is 0 Å². The molecule has 0 spiro atoms. The Morgan fingerprint density at radius 3 is 2.27 bits per heavy atom. The maximum atomic E-state index is 12.7. The molecule has 0 saturated carbocycles. The maximum absolute atomic E-state index is 12.7. The van der Waals surface area contributed by atoms with Gasteiger partial charge in [0.2, 0.25) is 11.8 Å². The maximum Gasteiger partial charge on any atom is 0.225 e. The van der Waals surface area contributed by atoms with Crippen molar-refractivity contribution in [3.63, 3.8) is 0 Å². The number of hydrogen-bond acceptors (Lipinski definition) is 3. The van der Waals surface area contributed by atoms with E-state index in [1.807, 2.05) is 16.8 Å². The number of piperidine rings is 2. The summed E-state index contributed by atoms with van der Waals surface area (Å²) in [5.41, 5.74) is 0. The second-order valence-electron chi connectivity index (χ2n) is 8.45. The summed E-state index contributed by atoms with van der Waals surface area (Å²) in [6, 6.07) is 1.30. The summed E-state index contributed by atoms with van der Waals surface area (Å²) >= 11 is 0. The fourth-order valence-electron chi connectivity index (χ4n) is 4.91. The molecule has 150 valence electrons. The van der Waals surface area contributed by atoms with E-state index in [4.69, 9.17) is 0 Å². The van der Waals surface area contributed by atoms with Crippen molar-refractivity contribution in [2.75, 3.05) is 26.7 Å². The molecule has 3 fully saturated rings. The molecule has 26 heavy (non-hydrogen) atoms. The third-order valence-corrected chi connectivity index (χ3v) is 6.45. The zero-order valence-electron chi connectivity index (χ0n) is 16.4. The smallest absolute Gasteiger partial charge is 0.225 e. The van der Waals surface area contributed by atoms with Gasteiger partial charge in [-0.05, 0) is 50.9 Å². The lowest BCUT2D eigenvalue weighted by Crippen LogP contribution is -2.45. The average molecular weight is 386 g/mol.